The largest absolute Gasteiger partial charge is 0.480 e. The van der Waals surface area contributed by atoms with Crippen LogP contribution in [0.4, 0.5) is 4.39 Å². The Kier molecular flexibility index (Phi) is 4.88. The van der Waals surface area contributed by atoms with Crippen molar-refractivity contribution in [3.05, 3.63) is 59.9 Å². The van der Waals surface area contributed by atoms with E-state index < -0.39 is 30.2 Å². The van der Waals surface area contributed by atoms with Crippen LogP contribution in [-0.4, -0.2) is 23.5 Å². The van der Waals surface area contributed by atoms with E-state index in [1.807, 2.05) is 18.2 Å². The summed E-state index contributed by atoms with van der Waals surface area (Å²) in [6.07, 6.45) is 0. The highest BCUT2D eigenvalue weighted by atomic mass is 19.1. The minimum absolute atomic E-state index is 0.415. The molecule has 0 aromatic heterocycles. The number of carboxylic acids is 1. The molecule has 22 heavy (non-hydrogen) atoms. The van der Waals surface area contributed by atoms with Gasteiger partial charge in [-0.3, -0.25) is 9.59 Å². The third-order valence-electron chi connectivity index (χ3n) is 3.39. The van der Waals surface area contributed by atoms with Crippen LogP contribution in [0.25, 0.3) is 11.1 Å². The van der Waals surface area contributed by atoms with Gasteiger partial charge in [-0.25, -0.2) is 4.39 Å². The quantitative estimate of drug-likeness (QED) is 0.892. The van der Waals surface area contributed by atoms with E-state index in [9.17, 15) is 14.0 Å². The van der Waals surface area contributed by atoms with Crippen LogP contribution in [0.15, 0.2) is 48.5 Å². The number of carbonyl (C=O) groups is 2. The standard InChI is InChI=1S/C17H16FNO3/c1-11(17(22)19-10-16(20)21)13-7-8-14(15(18)9-13)12-5-3-2-4-6-12/h2-9,11H,10H2,1H3,(H,19,22)(H,20,21)/t11-/m1/s1. The zero-order chi connectivity index (χ0) is 16.1. The molecule has 2 aromatic carbocycles. The molecule has 0 spiro atoms. The van der Waals surface area contributed by atoms with Gasteiger partial charge in [-0.2, -0.15) is 0 Å². The van der Waals surface area contributed by atoms with Crippen molar-refractivity contribution >= 4 is 11.9 Å². The molecule has 0 aliphatic heterocycles. The minimum atomic E-state index is -1.12. The number of aliphatic carboxylic acids is 1. The SMILES string of the molecule is C[C@@H](C(=O)NCC(=O)O)c1ccc(-c2ccccc2)c(F)c1. The van der Waals surface area contributed by atoms with Crippen LogP contribution in [0, 0.1) is 5.82 Å². The Morgan fingerprint density at radius 1 is 1.18 bits per heavy atom. The van der Waals surface area contributed by atoms with Gasteiger partial charge in [0.15, 0.2) is 0 Å². The number of hydrogen-bond acceptors (Lipinski definition) is 2. The molecule has 0 radical (unpaired) electrons. The molecule has 2 N–H and O–H groups in total. The topological polar surface area (TPSA) is 66.4 Å². The Bertz CT molecular complexity index is 686. The highest BCUT2D eigenvalue weighted by Gasteiger charge is 2.17. The number of rotatable bonds is 5. The molecule has 0 saturated heterocycles. The van der Waals surface area contributed by atoms with Gasteiger partial charge in [-0.1, -0.05) is 42.5 Å². The maximum atomic E-state index is 14.2. The Labute approximate surface area is 127 Å². The summed E-state index contributed by atoms with van der Waals surface area (Å²) in [6.45, 7) is 1.15. The molecule has 5 heteroatoms. The van der Waals surface area contributed by atoms with E-state index in [0.29, 0.717) is 11.1 Å². The van der Waals surface area contributed by atoms with E-state index in [4.69, 9.17) is 5.11 Å². The average molecular weight is 301 g/mol. The predicted octanol–water partition coefficient (Wildman–Crippen LogP) is 2.80. The second-order valence-corrected chi connectivity index (χ2v) is 4.94. The van der Waals surface area contributed by atoms with Gasteiger partial charge in [0, 0.05) is 5.56 Å². The Morgan fingerprint density at radius 3 is 2.45 bits per heavy atom. The van der Waals surface area contributed by atoms with Gasteiger partial charge < -0.3 is 10.4 Å². The summed E-state index contributed by atoms with van der Waals surface area (Å²) in [6, 6.07) is 13.7. The fourth-order valence-corrected chi connectivity index (χ4v) is 2.12. The summed E-state index contributed by atoms with van der Waals surface area (Å²) in [5.74, 6) is -2.61. The van der Waals surface area contributed by atoms with Crippen molar-refractivity contribution < 1.29 is 19.1 Å². The van der Waals surface area contributed by atoms with Gasteiger partial charge in [0.05, 0.1) is 5.92 Å². The first-order valence-electron chi connectivity index (χ1n) is 6.83. The number of nitrogens with one attached hydrogen (secondary N) is 1. The van der Waals surface area contributed by atoms with Crippen molar-refractivity contribution in [1.29, 1.82) is 0 Å². The zero-order valence-electron chi connectivity index (χ0n) is 12.0. The molecule has 1 atom stereocenters. The van der Waals surface area contributed by atoms with E-state index in [2.05, 4.69) is 5.32 Å². The molecule has 114 valence electrons. The van der Waals surface area contributed by atoms with E-state index in [1.165, 1.54) is 6.07 Å². The van der Waals surface area contributed by atoms with Crippen LogP contribution in [0.3, 0.4) is 0 Å². The Hall–Kier alpha value is -2.69. The summed E-state index contributed by atoms with van der Waals surface area (Å²) in [5.41, 5.74) is 1.72. The molecular formula is C17H16FNO3. The lowest BCUT2D eigenvalue weighted by molar-refractivity contribution is -0.138. The number of halogens is 1. The van der Waals surface area contributed by atoms with E-state index in [0.717, 1.165) is 5.56 Å². The summed E-state index contributed by atoms with van der Waals surface area (Å²) >= 11 is 0. The summed E-state index contributed by atoms with van der Waals surface area (Å²) in [7, 11) is 0. The lowest BCUT2D eigenvalue weighted by Crippen LogP contribution is -2.32. The van der Waals surface area contributed by atoms with Crippen LogP contribution in [0.1, 0.15) is 18.4 Å². The van der Waals surface area contributed by atoms with Crippen LogP contribution in [0.2, 0.25) is 0 Å². The summed E-state index contributed by atoms with van der Waals surface area (Å²) in [4.78, 5) is 22.3. The lowest BCUT2D eigenvalue weighted by atomic mass is 9.96. The van der Waals surface area contributed by atoms with Crippen molar-refractivity contribution in [2.75, 3.05) is 6.54 Å². The fourth-order valence-electron chi connectivity index (χ4n) is 2.12. The Balaban J connectivity index is 2.18. The molecule has 0 saturated carbocycles. The first-order chi connectivity index (χ1) is 10.5. The minimum Gasteiger partial charge on any atom is -0.480 e. The van der Waals surface area contributed by atoms with Crippen LogP contribution in [-0.2, 0) is 9.59 Å². The van der Waals surface area contributed by atoms with Crippen molar-refractivity contribution in [1.82, 2.24) is 5.32 Å². The maximum absolute atomic E-state index is 14.2. The normalized spacial score (nSPS) is 11.7. The summed E-state index contributed by atoms with van der Waals surface area (Å²) in [5, 5.41) is 10.8. The number of amides is 1. The van der Waals surface area contributed by atoms with Crippen LogP contribution in [0.5, 0.6) is 0 Å². The number of carboxylic acid groups (broad SMARTS) is 1. The molecule has 0 bridgehead atoms. The van der Waals surface area contributed by atoms with Crippen molar-refractivity contribution in [2.45, 2.75) is 12.8 Å². The highest BCUT2D eigenvalue weighted by Crippen LogP contribution is 2.26. The second kappa shape index (κ2) is 6.85. The lowest BCUT2D eigenvalue weighted by Gasteiger charge is -2.13. The molecule has 2 rings (SSSR count). The molecule has 0 unspecified atom stereocenters. The molecule has 2 aromatic rings. The molecule has 0 aliphatic rings. The van der Waals surface area contributed by atoms with Crippen LogP contribution >= 0.6 is 0 Å². The average Bonchev–Trinajstić information content (AvgIpc) is 2.52. The smallest absolute Gasteiger partial charge is 0.322 e. The van der Waals surface area contributed by atoms with Crippen molar-refractivity contribution in [2.24, 2.45) is 0 Å². The first-order valence-corrected chi connectivity index (χ1v) is 6.83. The zero-order valence-corrected chi connectivity index (χ0v) is 12.0. The number of hydrogen-bond donors (Lipinski definition) is 2. The predicted molar refractivity (Wildman–Crippen MR) is 80.9 cm³/mol. The Morgan fingerprint density at radius 2 is 1.86 bits per heavy atom. The second-order valence-electron chi connectivity index (χ2n) is 4.94. The fraction of sp³-hybridized carbons (Fsp3) is 0.176. The van der Waals surface area contributed by atoms with Gasteiger partial charge >= 0.3 is 5.97 Å². The monoisotopic (exact) mass is 301 g/mol. The van der Waals surface area contributed by atoms with Gasteiger partial charge in [-0.05, 0) is 24.1 Å². The maximum Gasteiger partial charge on any atom is 0.322 e. The van der Waals surface area contributed by atoms with E-state index in [1.54, 1.807) is 31.2 Å². The number of carbonyl (C=O) groups excluding carboxylic acids is 1. The van der Waals surface area contributed by atoms with Crippen LogP contribution < -0.4 is 5.32 Å². The molecular weight excluding hydrogens is 285 g/mol. The number of benzene rings is 2. The van der Waals surface area contributed by atoms with Crippen molar-refractivity contribution in [3.8, 4) is 11.1 Å². The molecule has 0 aliphatic carbocycles. The first kappa shape index (κ1) is 15.7. The molecule has 0 fully saturated rings. The van der Waals surface area contributed by atoms with Gasteiger partial charge in [0.1, 0.15) is 12.4 Å². The molecule has 4 nitrogen and oxygen atoms in total. The summed E-state index contributed by atoms with van der Waals surface area (Å²) < 4.78 is 14.2. The third kappa shape index (κ3) is 3.69. The van der Waals surface area contributed by atoms with E-state index >= 15 is 0 Å². The van der Waals surface area contributed by atoms with Gasteiger partial charge in [0.25, 0.3) is 0 Å². The van der Waals surface area contributed by atoms with Crippen molar-refractivity contribution in [3.63, 3.8) is 0 Å². The third-order valence-corrected chi connectivity index (χ3v) is 3.39. The van der Waals surface area contributed by atoms with E-state index in [-0.39, 0.29) is 0 Å². The van der Waals surface area contributed by atoms with Gasteiger partial charge in [0.2, 0.25) is 5.91 Å². The molecule has 0 heterocycles. The highest BCUT2D eigenvalue weighted by molar-refractivity contribution is 5.86. The van der Waals surface area contributed by atoms with Gasteiger partial charge in [-0.15, -0.1) is 0 Å². The molecule has 1 amide bonds.